The molecule has 1 aromatic rings. The molecule has 4 heteroatoms. The van der Waals surface area contributed by atoms with Crippen LogP contribution in [0.4, 0.5) is 0 Å². The lowest BCUT2D eigenvalue weighted by Crippen LogP contribution is -2.46. The number of piperidine rings is 1. The van der Waals surface area contributed by atoms with Crippen LogP contribution in [-0.2, 0) is 6.61 Å². The summed E-state index contributed by atoms with van der Waals surface area (Å²) in [6.45, 7) is 1.88. The number of nitrogens with one attached hydrogen (secondary N) is 1. The smallest absolute Gasteiger partial charge is 0.124 e. The Labute approximate surface area is 101 Å². The first-order valence-electron chi connectivity index (χ1n) is 5.98. The molecule has 17 heavy (non-hydrogen) atoms. The van der Waals surface area contributed by atoms with Crippen molar-refractivity contribution in [2.45, 2.75) is 25.0 Å². The van der Waals surface area contributed by atoms with E-state index in [1.54, 1.807) is 0 Å². The summed E-state index contributed by atoms with van der Waals surface area (Å²) in [5.41, 5.74) is 0.0124. The number of aliphatic hydroxyl groups is 2. The Bertz CT molecular complexity index is 361. The molecule has 0 spiro atoms. The van der Waals surface area contributed by atoms with Gasteiger partial charge in [0.2, 0.25) is 0 Å². The molecule has 1 aliphatic heterocycles. The van der Waals surface area contributed by atoms with Crippen molar-refractivity contribution in [2.75, 3.05) is 19.7 Å². The van der Waals surface area contributed by atoms with Crippen molar-refractivity contribution in [2.24, 2.45) is 0 Å². The molecular weight excluding hydrogens is 218 g/mol. The van der Waals surface area contributed by atoms with Gasteiger partial charge in [-0.3, -0.25) is 0 Å². The lowest BCUT2D eigenvalue weighted by Gasteiger charge is -2.32. The SMILES string of the molecule is OCc1ccccc1OCC1(O)CCNCC1. The normalized spacial score (nSPS) is 18.9. The molecule has 1 saturated heterocycles. The fourth-order valence-electron chi connectivity index (χ4n) is 2.02. The second-order valence-electron chi connectivity index (χ2n) is 4.53. The van der Waals surface area contributed by atoms with Crippen molar-refractivity contribution >= 4 is 0 Å². The summed E-state index contributed by atoms with van der Waals surface area (Å²) < 4.78 is 5.63. The molecule has 0 bridgehead atoms. The van der Waals surface area contributed by atoms with E-state index in [2.05, 4.69) is 5.32 Å². The van der Waals surface area contributed by atoms with E-state index in [1.807, 2.05) is 24.3 Å². The Hall–Kier alpha value is -1.10. The van der Waals surface area contributed by atoms with Gasteiger partial charge in [-0.2, -0.15) is 0 Å². The van der Waals surface area contributed by atoms with Crippen LogP contribution in [0.3, 0.4) is 0 Å². The molecule has 2 rings (SSSR count). The lowest BCUT2D eigenvalue weighted by molar-refractivity contribution is -0.0290. The van der Waals surface area contributed by atoms with Gasteiger partial charge in [-0.05, 0) is 32.0 Å². The van der Waals surface area contributed by atoms with Gasteiger partial charge in [0.1, 0.15) is 18.0 Å². The molecule has 1 aromatic carbocycles. The third kappa shape index (κ3) is 3.19. The number of aliphatic hydroxyl groups excluding tert-OH is 1. The first kappa shape index (κ1) is 12.4. The summed E-state index contributed by atoms with van der Waals surface area (Å²) >= 11 is 0. The number of ether oxygens (including phenoxy) is 1. The molecule has 0 amide bonds. The standard InChI is InChI=1S/C13H19NO3/c15-9-11-3-1-2-4-12(11)17-10-13(16)5-7-14-8-6-13/h1-4,14-16H,5-10H2. The van der Waals surface area contributed by atoms with Crippen LogP contribution in [0.15, 0.2) is 24.3 Å². The molecule has 94 valence electrons. The van der Waals surface area contributed by atoms with Crippen molar-refractivity contribution in [1.29, 1.82) is 0 Å². The first-order valence-corrected chi connectivity index (χ1v) is 5.98. The first-order chi connectivity index (χ1) is 8.23. The second kappa shape index (κ2) is 5.49. The Kier molecular flexibility index (Phi) is 3.99. The van der Waals surface area contributed by atoms with Gasteiger partial charge in [0.15, 0.2) is 0 Å². The van der Waals surface area contributed by atoms with E-state index >= 15 is 0 Å². The molecular formula is C13H19NO3. The second-order valence-corrected chi connectivity index (χ2v) is 4.53. The Balaban J connectivity index is 1.96. The molecule has 0 radical (unpaired) electrons. The minimum Gasteiger partial charge on any atom is -0.490 e. The number of hydrogen-bond donors (Lipinski definition) is 3. The van der Waals surface area contributed by atoms with Crippen molar-refractivity contribution in [3.8, 4) is 5.75 Å². The van der Waals surface area contributed by atoms with Crippen molar-refractivity contribution in [3.63, 3.8) is 0 Å². The maximum Gasteiger partial charge on any atom is 0.124 e. The molecule has 1 heterocycles. The van der Waals surface area contributed by atoms with Crippen LogP contribution in [-0.4, -0.2) is 35.5 Å². The fourth-order valence-corrected chi connectivity index (χ4v) is 2.02. The predicted molar refractivity (Wildman–Crippen MR) is 64.9 cm³/mol. The minimum absolute atomic E-state index is 0.0455. The Morgan fingerprint density at radius 2 is 1.94 bits per heavy atom. The molecule has 1 aliphatic rings. The van der Waals surface area contributed by atoms with E-state index in [0.29, 0.717) is 18.6 Å². The van der Waals surface area contributed by atoms with Crippen LogP contribution in [0.2, 0.25) is 0 Å². The van der Waals surface area contributed by atoms with E-state index in [0.717, 1.165) is 18.7 Å². The van der Waals surface area contributed by atoms with E-state index in [9.17, 15) is 5.11 Å². The minimum atomic E-state index is -0.742. The Morgan fingerprint density at radius 1 is 1.24 bits per heavy atom. The van der Waals surface area contributed by atoms with Crippen LogP contribution >= 0.6 is 0 Å². The van der Waals surface area contributed by atoms with Gasteiger partial charge in [-0.15, -0.1) is 0 Å². The maximum atomic E-state index is 10.3. The van der Waals surface area contributed by atoms with Crippen molar-refractivity contribution in [3.05, 3.63) is 29.8 Å². The molecule has 0 aliphatic carbocycles. The van der Waals surface area contributed by atoms with Crippen LogP contribution < -0.4 is 10.1 Å². The summed E-state index contributed by atoms with van der Waals surface area (Å²) in [5, 5.41) is 22.6. The van der Waals surface area contributed by atoms with E-state index < -0.39 is 5.60 Å². The van der Waals surface area contributed by atoms with E-state index in [1.165, 1.54) is 0 Å². The topological polar surface area (TPSA) is 61.7 Å². The number of rotatable bonds is 4. The fraction of sp³-hybridized carbons (Fsp3) is 0.538. The molecule has 0 saturated carbocycles. The van der Waals surface area contributed by atoms with Gasteiger partial charge in [0.25, 0.3) is 0 Å². The molecule has 0 unspecified atom stereocenters. The highest BCUT2D eigenvalue weighted by Crippen LogP contribution is 2.23. The quantitative estimate of drug-likeness (QED) is 0.720. The monoisotopic (exact) mass is 237 g/mol. The summed E-state index contributed by atoms with van der Waals surface area (Å²) in [5.74, 6) is 0.655. The number of benzene rings is 1. The zero-order valence-corrected chi connectivity index (χ0v) is 9.85. The van der Waals surface area contributed by atoms with Gasteiger partial charge in [-0.25, -0.2) is 0 Å². The molecule has 3 N–H and O–H groups in total. The third-order valence-corrected chi connectivity index (χ3v) is 3.17. The average Bonchev–Trinajstić information content (AvgIpc) is 2.38. The Morgan fingerprint density at radius 3 is 2.65 bits per heavy atom. The van der Waals surface area contributed by atoms with E-state index in [4.69, 9.17) is 9.84 Å². The lowest BCUT2D eigenvalue weighted by atomic mass is 9.93. The van der Waals surface area contributed by atoms with Gasteiger partial charge >= 0.3 is 0 Å². The summed E-state index contributed by atoms with van der Waals surface area (Å²) in [7, 11) is 0. The van der Waals surface area contributed by atoms with Crippen LogP contribution in [0.25, 0.3) is 0 Å². The van der Waals surface area contributed by atoms with Crippen molar-refractivity contribution in [1.82, 2.24) is 5.32 Å². The third-order valence-electron chi connectivity index (χ3n) is 3.17. The van der Waals surface area contributed by atoms with E-state index in [-0.39, 0.29) is 13.2 Å². The predicted octanol–water partition coefficient (Wildman–Crippen LogP) is 0.672. The molecule has 0 atom stereocenters. The highest BCUT2D eigenvalue weighted by Gasteiger charge is 2.30. The zero-order chi connectivity index (χ0) is 12.1. The maximum absolute atomic E-state index is 10.3. The zero-order valence-electron chi connectivity index (χ0n) is 9.85. The van der Waals surface area contributed by atoms with Gasteiger partial charge in [0, 0.05) is 5.56 Å². The highest BCUT2D eigenvalue weighted by atomic mass is 16.5. The van der Waals surface area contributed by atoms with Gasteiger partial charge < -0.3 is 20.3 Å². The average molecular weight is 237 g/mol. The summed E-state index contributed by atoms with van der Waals surface area (Å²) in [4.78, 5) is 0. The molecule has 0 aromatic heterocycles. The molecule has 4 nitrogen and oxygen atoms in total. The summed E-state index contributed by atoms with van der Waals surface area (Å²) in [6, 6.07) is 7.36. The number of para-hydroxylation sites is 1. The molecule has 1 fully saturated rings. The summed E-state index contributed by atoms with van der Waals surface area (Å²) in [6.07, 6.45) is 1.41. The number of hydrogen-bond acceptors (Lipinski definition) is 4. The van der Waals surface area contributed by atoms with Crippen LogP contribution in [0.1, 0.15) is 18.4 Å². The van der Waals surface area contributed by atoms with Gasteiger partial charge in [-0.1, -0.05) is 18.2 Å². The van der Waals surface area contributed by atoms with Crippen molar-refractivity contribution < 1.29 is 14.9 Å². The van der Waals surface area contributed by atoms with Crippen LogP contribution in [0, 0.1) is 0 Å². The van der Waals surface area contributed by atoms with Gasteiger partial charge in [0.05, 0.1) is 6.61 Å². The van der Waals surface area contributed by atoms with Crippen LogP contribution in [0.5, 0.6) is 5.75 Å². The largest absolute Gasteiger partial charge is 0.490 e. The highest BCUT2D eigenvalue weighted by molar-refractivity contribution is 5.32.